The third kappa shape index (κ3) is 4.34. The molecule has 0 saturated heterocycles. The van der Waals surface area contributed by atoms with E-state index >= 15 is 0 Å². The highest BCUT2D eigenvalue weighted by molar-refractivity contribution is 5.76. The molecule has 0 N–H and O–H groups in total. The van der Waals surface area contributed by atoms with Gasteiger partial charge in [0.2, 0.25) is 0 Å². The van der Waals surface area contributed by atoms with Crippen LogP contribution in [-0.2, 0) is 22.7 Å². The Morgan fingerprint density at radius 1 is 0.654 bits per heavy atom. The van der Waals surface area contributed by atoms with E-state index in [9.17, 15) is 0 Å². The lowest BCUT2D eigenvalue weighted by molar-refractivity contribution is 0.132. The fourth-order valence-corrected chi connectivity index (χ4v) is 2.95. The van der Waals surface area contributed by atoms with E-state index in [1.807, 2.05) is 62.9 Å². The molecule has 2 aromatic heterocycles. The Morgan fingerprint density at radius 2 is 1.04 bits per heavy atom. The van der Waals surface area contributed by atoms with Crippen molar-refractivity contribution in [3.63, 3.8) is 0 Å². The molecule has 0 bridgehead atoms. The molecular weight excluding hydrogens is 324 g/mol. The molecule has 1 aromatic carbocycles. The normalized spacial score (nSPS) is 10.8. The highest BCUT2D eigenvalue weighted by Crippen LogP contribution is 2.33. The fourth-order valence-electron chi connectivity index (χ4n) is 2.95. The number of pyridine rings is 2. The van der Waals surface area contributed by atoms with Crippen molar-refractivity contribution in [2.45, 2.75) is 27.1 Å². The second-order valence-corrected chi connectivity index (χ2v) is 5.91. The van der Waals surface area contributed by atoms with Crippen LogP contribution in [0.15, 0.2) is 61.2 Å². The minimum Gasteiger partial charge on any atom is -0.377 e. The number of benzene rings is 1. The summed E-state index contributed by atoms with van der Waals surface area (Å²) < 4.78 is 11.5. The molecule has 4 heteroatoms. The van der Waals surface area contributed by atoms with E-state index in [1.165, 1.54) is 0 Å². The minimum absolute atomic E-state index is 0.571. The van der Waals surface area contributed by atoms with Crippen LogP contribution in [0, 0.1) is 0 Å². The van der Waals surface area contributed by atoms with Gasteiger partial charge in [-0.1, -0.05) is 0 Å². The van der Waals surface area contributed by atoms with Gasteiger partial charge in [-0.05, 0) is 83.6 Å². The second kappa shape index (κ2) is 9.22. The summed E-state index contributed by atoms with van der Waals surface area (Å²) in [6.45, 7) is 6.53. The number of hydrogen-bond donors (Lipinski definition) is 0. The van der Waals surface area contributed by atoms with E-state index in [1.54, 1.807) is 0 Å². The summed E-state index contributed by atoms with van der Waals surface area (Å²) in [5.41, 5.74) is 6.90. The van der Waals surface area contributed by atoms with Crippen molar-refractivity contribution in [2.24, 2.45) is 0 Å². The van der Waals surface area contributed by atoms with Crippen LogP contribution in [0.4, 0.5) is 0 Å². The molecule has 4 nitrogen and oxygen atoms in total. The highest BCUT2D eigenvalue weighted by Gasteiger charge is 2.13. The van der Waals surface area contributed by atoms with Gasteiger partial charge in [-0.3, -0.25) is 9.97 Å². The SMILES string of the molecule is CCOCc1cc(-c2ccncc2)c(COCC)cc1-c1ccncc1. The smallest absolute Gasteiger partial charge is 0.0722 e. The van der Waals surface area contributed by atoms with Crippen LogP contribution < -0.4 is 0 Å². The van der Waals surface area contributed by atoms with Gasteiger partial charge in [0.05, 0.1) is 13.2 Å². The van der Waals surface area contributed by atoms with Gasteiger partial charge in [0, 0.05) is 38.0 Å². The minimum atomic E-state index is 0.571. The second-order valence-electron chi connectivity index (χ2n) is 5.91. The molecule has 134 valence electrons. The van der Waals surface area contributed by atoms with Gasteiger partial charge in [-0.25, -0.2) is 0 Å². The first kappa shape index (κ1) is 18.2. The average molecular weight is 348 g/mol. The summed E-state index contributed by atoms with van der Waals surface area (Å²) in [5.74, 6) is 0. The molecule has 0 saturated carbocycles. The van der Waals surface area contributed by atoms with Crippen LogP contribution in [-0.4, -0.2) is 23.2 Å². The van der Waals surface area contributed by atoms with Gasteiger partial charge in [-0.15, -0.1) is 0 Å². The average Bonchev–Trinajstić information content (AvgIpc) is 2.71. The first-order valence-electron chi connectivity index (χ1n) is 8.95. The maximum absolute atomic E-state index is 5.73. The lowest BCUT2D eigenvalue weighted by Crippen LogP contribution is -2.01. The topological polar surface area (TPSA) is 44.2 Å². The highest BCUT2D eigenvalue weighted by atomic mass is 16.5. The third-order valence-corrected chi connectivity index (χ3v) is 4.24. The maximum atomic E-state index is 5.73. The van der Waals surface area contributed by atoms with Gasteiger partial charge >= 0.3 is 0 Å². The van der Waals surface area contributed by atoms with Crippen LogP contribution in [0.2, 0.25) is 0 Å². The summed E-state index contributed by atoms with van der Waals surface area (Å²) in [6.07, 6.45) is 7.27. The molecule has 0 aliphatic rings. The molecule has 0 fully saturated rings. The molecule has 26 heavy (non-hydrogen) atoms. The van der Waals surface area contributed by atoms with Crippen LogP contribution in [0.3, 0.4) is 0 Å². The number of ether oxygens (including phenoxy) is 2. The predicted octanol–water partition coefficient (Wildman–Crippen LogP) is 4.88. The summed E-state index contributed by atoms with van der Waals surface area (Å²) in [6, 6.07) is 12.6. The van der Waals surface area contributed by atoms with E-state index in [0.29, 0.717) is 26.4 Å². The Balaban J connectivity index is 2.14. The third-order valence-electron chi connectivity index (χ3n) is 4.24. The van der Waals surface area contributed by atoms with E-state index in [0.717, 1.165) is 33.4 Å². The number of aromatic nitrogens is 2. The monoisotopic (exact) mass is 348 g/mol. The molecule has 0 radical (unpaired) electrons. The molecular formula is C22H24N2O2. The van der Waals surface area contributed by atoms with E-state index in [2.05, 4.69) is 22.1 Å². The summed E-state index contributed by atoms with van der Waals surface area (Å²) in [7, 11) is 0. The van der Waals surface area contributed by atoms with Gasteiger partial charge in [0.15, 0.2) is 0 Å². The largest absolute Gasteiger partial charge is 0.377 e. The lowest BCUT2D eigenvalue weighted by Gasteiger charge is -2.17. The zero-order valence-electron chi connectivity index (χ0n) is 15.3. The van der Waals surface area contributed by atoms with Crippen molar-refractivity contribution in [3.05, 3.63) is 72.3 Å². The van der Waals surface area contributed by atoms with Gasteiger partial charge in [0.1, 0.15) is 0 Å². The Labute approximate surface area is 154 Å². The first-order chi connectivity index (χ1) is 12.8. The maximum Gasteiger partial charge on any atom is 0.0722 e. The van der Waals surface area contributed by atoms with Crippen LogP contribution >= 0.6 is 0 Å². The molecule has 0 amide bonds. The molecule has 3 aromatic rings. The molecule has 0 aliphatic carbocycles. The Kier molecular flexibility index (Phi) is 6.47. The summed E-state index contributed by atoms with van der Waals surface area (Å²) in [5, 5.41) is 0. The molecule has 0 aliphatic heterocycles. The zero-order valence-corrected chi connectivity index (χ0v) is 15.3. The van der Waals surface area contributed by atoms with Crippen LogP contribution in [0.1, 0.15) is 25.0 Å². The predicted molar refractivity (Wildman–Crippen MR) is 104 cm³/mol. The summed E-state index contributed by atoms with van der Waals surface area (Å²) >= 11 is 0. The van der Waals surface area contributed by atoms with E-state index in [-0.39, 0.29) is 0 Å². The van der Waals surface area contributed by atoms with Crippen LogP contribution in [0.5, 0.6) is 0 Å². The van der Waals surface area contributed by atoms with Crippen LogP contribution in [0.25, 0.3) is 22.3 Å². The molecule has 0 unspecified atom stereocenters. The quantitative estimate of drug-likeness (QED) is 0.582. The van der Waals surface area contributed by atoms with Crippen molar-refractivity contribution in [1.82, 2.24) is 9.97 Å². The Morgan fingerprint density at radius 3 is 1.38 bits per heavy atom. The lowest BCUT2D eigenvalue weighted by atomic mass is 9.92. The molecule has 0 atom stereocenters. The van der Waals surface area contributed by atoms with Crippen molar-refractivity contribution < 1.29 is 9.47 Å². The summed E-state index contributed by atoms with van der Waals surface area (Å²) in [4.78, 5) is 8.27. The van der Waals surface area contributed by atoms with E-state index in [4.69, 9.17) is 9.47 Å². The standard InChI is InChI=1S/C22H24N2O2/c1-3-25-15-19-13-22(18-7-11-24-12-8-18)20(16-26-4-2)14-21(19)17-5-9-23-10-6-17/h5-14H,3-4,15-16H2,1-2H3. The Bertz CT molecular complexity index is 749. The van der Waals surface area contributed by atoms with Gasteiger partial charge in [-0.2, -0.15) is 0 Å². The fraction of sp³-hybridized carbons (Fsp3) is 0.273. The molecule has 0 spiro atoms. The van der Waals surface area contributed by atoms with Gasteiger partial charge < -0.3 is 9.47 Å². The number of nitrogens with zero attached hydrogens (tertiary/aromatic N) is 2. The first-order valence-corrected chi connectivity index (χ1v) is 8.95. The van der Waals surface area contributed by atoms with E-state index < -0.39 is 0 Å². The molecule has 3 rings (SSSR count). The Hall–Kier alpha value is -2.56. The zero-order chi connectivity index (χ0) is 18.2. The van der Waals surface area contributed by atoms with Gasteiger partial charge in [0.25, 0.3) is 0 Å². The van der Waals surface area contributed by atoms with Crippen molar-refractivity contribution in [3.8, 4) is 22.3 Å². The number of rotatable bonds is 8. The van der Waals surface area contributed by atoms with Crippen molar-refractivity contribution in [1.29, 1.82) is 0 Å². The van der Waals surface area contributed by atoms with Crippen molar-refractivity contribution in [2.75, 3.05) is 13.2 Å². The van der Waals surface area contributed by atoms with Crippen molar-refractivity contribution >= 4 is 0 Å². The molecule has 2 heterocycles. The number of hydrogen-bond acceptors (Lipinski definition) is 4.